The predicted molar refractivity (Wildman–Crippen MR) is 48.3 cm³/mol. The quantitative estimate of drug-likeness (QED) is 0.687. The first-order valence-corrected chi connectivity index (χ1v) is 3.84. The number of nitrogens with two attached hydrogens (primary N) is 1. The van der Waals surface area contributed by atoms with E-state index in [4.69, 9.17) is 5.73 Å². The predicted octanol–water partition coefficient (Wildman–Crippen LogP) is 0.553. The maximum atomic E-state index is 5.73. The molecule has 0 aliphatic rings. The molecule has 0 aliphatic carbocycles. The van der Waals surface area contributed by atoms with Gasteiger partial charge in [-0.1, -0.05) is 0 Å². The van der Waals surface area contributed by atoms with E-state index < -0.39 is 0 Å². The van der Waals surface area contributed by atoms with Gasteiger partial charge in [0.05, 0.1) is 0 Å². The van der Waals surface area contributed by atoms with Crippen LogP contribution in [0.25, 0.3) is 5.82 Å². The first kappa shape index (κ1) is 7.72. The smallest absolute Gasteiger partial charge is 0.157 e. The Morgan fingerprint density at radius 3 is 2.92 bits per heavy atom. The van der Waals surface area contributed by atoms with Crippen LogP contribution in [-0.4, -0.2) is 19.7 Å². The molecule has 0 saturated heterocycles. The van der Waals surface area contributed by atoms with Gasteiger partial charge in [0.15, 0.2) is 5.82 Å². The van der Waals surface area contributed by atoms with Gasteiger partial charge in [-0.15, -0.1) is 0 Å². The van der Waals surface area contributed by atoms with E-state index in [1.54, 1.807) is 23.3 Å². The van der Waals surface area contributed by atoms with Crippen LogP contribution in [0, 0.1) is 6.92 Å². The summed E-state index contributed by atoms with van der Waals surface area (Å²) < 4.78 is 1.57. The summed E-state index contributed by atoms with van der Waals surface area (Å²) in [6.45, 7) is 1.91. The SMILES string of the molecule is Cc1cnc(-n2cncn2)cc1N. The molecule has 0 spiro atoms. The molecule has 0 aromatic carbocycles. The molecule has 0 bridgehead atoms. The monoisotopic (exact) mass is 175 g/mol. The van der Waals surface area contributed by atoms with Gasteiger partial charge in [0.2, 0.25) is 0 Å². The Bertz CT molecular complexity index is 406. The molecule has 5 nitrogen and oxygen atoms in total. The highest BCUT2D eigenvalue weighted by Gasteiger charge is 2.00. The number of aryl methyl sites for hydroxylation is 1. The summed E-state index contributed by atoms with van der Waals surface area (Å²) in [6, 6.07) is 1.77. The van der Waals surface area contributed by atoms with E-state index in [0.717, 1.165) is 5.56 Å². The van der Waals surface area contributed by atoms with Crippen molar-refractivity contribution < 1.29 is 0 Å². The molecule has 2 aromatic rings. The molecule has 0 unspecified atom stereocenters. The van der Waals surface area contributed by atoms with Crippen LogP contribution in [0.3, 0.4) is 0 Å². The van der Waals surface area contributed by atoms with Crippen LogP contribution >= 0.6 is 0 Å². The van der Waals surface area contributed by atoms with Crippen LogP contribution in [0.1, 0.15) is 5.56 Å². The van der Waals surface area contributed by atoms with E-state index in [0.29, 0.717) is 11.5 Å². The molecule has 5 heteroatoms. The van der Waals surface area contributed by atoms with Gasteiger partial charge in [-0.2, -0.15) is 5.10 Å². The maximum absolute atomic E-state index is 5.73. The molecular weight excluding hydrogens is 166 g/mol. The van der Waals surface area contributed by atoms with Gasteiger partial charge in [0.1, 0.15) is 12.7 Å². The van der Waals surface area contributed by atoms with Crippen molar-refractivity contribution in [3.63, 3.8) is 0 Å². The first-order valence-electron chi connectivity index (χ1n) is 3.84. The lowest BCUT2D eigenvalue weighted by molar-refractivity contribution is 0.844. The van der Waals surface area contributed by atoms with Gasteiger partial charge in [-0.25, -0.2) is 14.6 Å². The van der Waals surface area contributed by atoms with E-state index in [2.05, 4.69) is 15.1 Å². The molecule has 0 saturated carbocycles. The lowest BCUT2D eigenvalue weighted by atomic mass is 10.2. The fraction of sp³-hybridized carbons (Fsp3) is 0.125. The largest absolute Gasteiger partial charge is 0.398 e. The molecule has 2 N–H and O–H groups in total. The Kier molecular flexibility index (Phi) is 1.70. The van der Waals surface area contributed by atoms with Crippen LogP contribution in [0.5, 0.6) is 0 Å². The standard InChI is InChI=1S/C8H9N5/c1-6-3-11-8(2-7(6)9)13-5-10-4-12-13/h2-5H,1H3,(H2,9,11). The van der Waals surface area contributed by atoms with E-state index in [1.165, 1.54) is 6.33 Å². The van der Waals surface area contributed by atoms with Crippen molar-refractivity contribution in [2.45, 2.75) is 6.92 Å². The van der Waals surface area contributed by atoms with Crippen molar-refractivity contribution in [1.82, 2.24) is 19.7 Å². The van der Waals surface area contributed by atoms with Crippen molar-refractivity contribution in [3.05, 3.63) is 30.5 Å². The van der Waals surface area contributed by atoms with Crippen molar-refractivity contribution >= 4 is 5.69 Å². The highest BCUT2D eigenvalue weighted by Crippen LogP contribution is 2.11. The maximum Gasteiger partial charge on any atom is 0.157 e. The average Bonchev–Trinajstić information content (AvgIpc) is 2.62. The second kappa shape index (κ2) is 2.85. The lowest BCUT2D eigenvalue weighted by Gasteiger charge is -2.02. The third-order valence-electron chi connectivity index (χ3n) is 1.78. The average molecular weight is 175 g/mol. The molecule has 2 heterocycles. The van der Waals surface area contributed by atoms with E-state index in [-0.39, 0.29) is 0 Å². The Balaban J connectivity index is 2.49. The third kappa shape index (κ3) is 1.35. The topological polar surface area (TPSA) is 69.6 Å². The van der Waals surface area contributed by atoms with Gasteiger partial charge < -0.3 is 5.73 Å². The summed E-state index contributed by atoms with van der Waals surface area (Å²) in [5.74, 6) is 0.681. The van der Waals surface area contributed by atoms with E-state index in [9.17, 15) is 0 Å². The number of hydrogen-bond acceptors (Lipinski definition) is 4. The minimum absolute atomic E-state index is 0.681. The summed E-state index contributed by atoms with van der Waals surface area (Å²) in [4.78, 5) is 7.98. The van der Waals surface area contributed by atoms with E-state index >= 15 is 0 Å². The highest BCUT2D eigenvalue weighted by atomic mass is 15.3. The first-order chi connectivity index (χ1) is 6.27. The molecule has 13 heavy (non-hydrogen) atoms. The van der Waals surface area contributed by atoms with Crippen LogP contribution in [0.2, 0.25) is 0 Å². The molecule has 0 fully saturated rings. The molecule has 0 atom stereocenters. The van der Waals surface area contributed by atoms with E-state index in [1.807, 2.05) is 6.92 Å². The van der Waals surface area contributed by atoms with Crippen molar-refractivity contribution in [1.29, 1.82) is 0 Å². The van der Waals surface area contributed by atoms with Gasteiger partial charge in [0, 0.05) is 18.0 Å². The summed E-state index contributed by atoms with van der Waals surface area (Å²) >= 11 is 0. The molecule has 0 radical (unpaired) electrons. The van der Waals surface area contributed by atoms with Crippen LogP contribution in [-0.2, 0) is 0 Å². The molecular formula is C8H9N5. The second-order valence-corrected chi connectivity index (χ2v) is 2.74. The number of hydrogen-bond donors (Lipinski definition) is 1. The summed E-state index contributed by atoms with van der Waals surface area (Å²) in [5, 5.41) is 3.94. The number of nitrogens with zero attached hydrogens (tertiary/aromatic N) is 4. The Hall–Kier alpha value is -1.91. The van der Waals surface area contributed by atoms with Crippen molar-refractivity contribution in [2.75, 3.05) is 5.73 Å². The fourth-order valence-corrected chi connectivity index (χ4v) is 0.980. The van der Waals surface area contributed by atoms with Crippen LogP contribution < -0.4 is 5.73 Å². The molecule has 2 aromatic heterocycles. The van der Waals surface area contributed by atoms with Crippen molar-refractivity contribution in [3.8, 4) is 5.82 Å². The number of aromatic nitrogens is 4. The zero-order chi connectivity index (χ0) is 9.26. The Morgan fingerprint density at radius 1 is 1.46 bits per heavy atom. The summed E-state index contributed by atoms with van der Waals surface area (Å²) in [5.41, 5.74) is 7.40. The van der Waals surface area contributed by atoms with Crippen molar-refractivity contribution in [2.24, 2.45) is 0 Å². The number of anilines is 1. The Labute approximate surface area is 75.2 Å². The number of pyridine rings is 1. The molecule has 2 rings (SSSR count). The third-order valence-corrected chi connectivity index (χ3v) is 1.78. The van der Waals surface area contributed by atoms with Gasteiger partial charge in [-0.05, 0) is 12.5 Å². The highest BCUT2D eigenvalue weighted by molar-refractivity contribution is 5.48. The normalized spacial score (nSPS) is 10.2. The second-order valence-electron chi connectivity index (χ2n) is 2.74. The molecule has 66 valence electrons. The number of nitrogen functional groups attached to an aromatic ring is 1. The molecule has 0 amide bonds. The zero-order valence-electron chi connectivity index (χ0n) is 7.18. The van der Waals surface area contributed by atoms with Crippen LogP contribution in [0.15, 0.2) is 24.9 Å². The van der Waals surface area contributed by atoms with Gasteiger partial charge in [0.25, 0.3) is 0 Å². The lowest BCUT2D eigenvalue weighted by Crippen LogP contribution is -2.00. The minimum Gasteiger partial charge on any atom is -0.398 e. The summed E-state index contributed by atoms with van der Waals surface area (Å²) in [6.07, 6.45) is 4.75. The Morgan fingerprint density at radius 2 is 2.31 bits per heavy atom. The van der Waals surface area contributed by atoms with Gasteiger partial charge >= 0.3 is 0 Å². The number of rotatable bonds is 1. The van der Waals surface area contributed by atoms with Gasteiger partial charge in [-0.3, -0.25) is 0 Å². The fourth-order valence-electron chi connectivity index (χ4n) is 0.980. The summed E-state index contributed by atoms with van der Waals surface area (Å²) in [7, 11) is 0. The van der Waals surface area contributed by atoms with Crippen LogP contribution in [0.4, 0.5) is 5.69 Å². The molecule has 0 aliphatic heterocycles. The minimum atomic E-state index is 0.681. The zero-order valence-corrected chi connectivity index (χ0v) is 7.18.